The van der Waals surface area contributed by atoms with Gasteiger partial charge in [-0.3, -0.25) is 0 Å². The van der Waals surface area contributed by atoms with Crippen LogP contribution in [0.4, 0.5) is 101 Å². The number of rotatable bonds is 14. The summed E-state index contributed by atoms with van der Waals surface area (Å²) >= 11 is 5.93. The summed E-state index contributed by atoms with van der Waals surface area (Å²) in [7, 11) is -4.41. The molecule has 326 valence electrons. The normalized spacial score (nSPS) is 15.3. The van der Waals surface area contributed by atoms with Crippen molar-refractivity contribution in [1.82, 2.24) is 0 Å². The van der Waals surface area contributed by atoms with Crippen LogP contribution < -0.4 is 0 Å². The molecule has 0 bridgehead atoms. The number of alkyl halides is 23. The number of carbonyl (C=O) groups is 1. The van der Waals surface area contributed by atoms with E-state index < -0.39 is 96.4 Å². The molecular formula is C30H13Br2F23O2S. The van der Waals surface area contributed by atoms with E-state index in [2.05, 4.69) is 36.0 Å². The van der Waals surface area contributed by atoms with Crippen LogP contribution in [0.1, 0.15) is 0 Å². The summed E-state index contributed by atoms with van der Waals surface area (Å²) in [6, 6.07) is 13.2. The third kappa shape index (κ3) is 6.86. The minimum absolute atomic E-state index is 0.164. The molecule has 0 unspecified atom stereocenters. The fraction of sp³-hybridized carbons (Fsp3) is 0.367. The zero-order chi connectivity index (χ0) is 45.4. The van der Waals surface area contributed by atoms with E-state index in [1.807, 2.05) is 0 Å². The molecule has 2 nitrogen and oxygen atoms in total. The number of carbonyl (C=O) groups excluding carboxylic acids is 1. The summed E-state index contributed by atoms with van der Waals surface area (Å²) in [5.74, 6) is -94.6. The Morgan fingerprint density at radius 3 is 0.931 bits per heavy atom. The van der Waals surface area contributed by atoms with E-state index >= 15 is 8.78 Å². The van der Waals surface area contributed by atoms with E-state index in [-0.39, 0.29) is 8.95 Å². The van der Waals surface area contributed by atoms with Gasteiger partial charge in [0.25, 0.3) is 0 Å². The van der Waals surface area contributed by atoms with Crippen LogP contribution in [0, 0.1) is 0 Å². The molecule has 0 aliphatic heterocycles. The molecular weight excluding hydrogens is 1020 g/mol. The number of hydrogen-bond acceptors (Lipinski definition) is 2. The van der Waals surface area contributed by atoms with Crippen LogP contribution in [-0.2, 0) is 8.98 Å². The van der Waals surface area contributed by atoms with Gasteiger partial charge >= 0.3 is 71.4 Å². The monoisotopic (exact) mass is 1030 g/mol. The molecule has 0 spiro atoms. The maximum Gasteiger partial charge on any atom is 0.460 e. The van der Waals surface area contributed by atoms with Crippen LogP contribution >= 0.6 is 42.2 Å². The fourth-order valence-corrected chi connectivity index (χ4v) is 8.01. The number of hydrogen-bond donors (Lipinski definition) is 0. The fourth-order valence-electron chi connectivity index (χ4n) is 4.47. The molecule has 0 aromatic heterocycles. The Balaban J connectivity index is 2.25. The van der Waals surface area contributed by atoms with Gasteiger partial charge < -0.3 is 4.18 Å². The topological polar surface area (TPSA) is 26.3 Å². The van der Waals surface area contributed by atoms with Gasteiger partial charge in [0.2, 0.25) is 0 Å². The first kappa shape index (κ1) is 49.2. The van der Waals surface area contributed by atoms with Gasteiger partial charge in [0, 0.05) is 23.6 Å². The molecule has 3 aromatic rings. The Morgan fingerprint density at radius 2 is 0.638 bits per heavy atom. The third-order valence-electron chi connectivity index (χ3n) is 7.73. The minimum atomic E-state index is -9.57. The van der Waals surface area contributed by atoms with Crippen LogP contribution in [0.15, 0.2) is 102 Å². The predicted molar refractivity (Wildman–Crippen MR) is 159 cm³/mol. The van der Waals surface area contributed by atoms with E-state index in [1.165, 1.54) is 6.07 Å². The zero-order valence-corrected chi connectivity index (χ0v) is 30.7. The molecule has 0 saturated carbocycles. The van der Waals surface area contributed by atoms with Crippen molar-refractivity contribution in [1.29, 1.82) is 0 Å². The Morgan fingerprint density at radius 1 is 0.379 bits per heavy atom. The average molecular weight is 1030 g/mol. The molecule has 28 heteroatoms. The lowest BCUT2D eigenvalue weighted by molar-refractivity contribution is -0.477. The predicted octanol–water partition coefficient (Wildman–Crippen LogP) is 13.9. The van der Waals surface area contributed by atoms with Gasteiger partial charge in [-0.2, -0.15) is 101 Å². The van der Waals surface area contributed by atoms with Gasteiger partial charge in [-0.25, -0.2) is 4.79 Å². The Kier molecular flexibility index (Phi) is 12.5. The first-order chi connectivity index (χ1) is 25.7. The molecule has 0 N–H and O–H groups in total. The van der Waals surface area contributed by atoms with Gasteiger partial charge in [0.1, 0.15) is 0 Å². The van der Waals surface area contributed by atoms with Gasteiger partial charge in [-0.1, -0.05) is 50.1 Å². The summed E-state index contributed by atoms with van der Waals surface area (Å²) < 4.78 is 327. The first-order valence-electron chi connectivity index (χ1n) is 14.2. The van der Waals surface area contributed by atoms with Crippen LogP contribution in [0.2, 0.25) is 0 Å². The van der Waals surface area contributed by atoms with E-state index in [0.717, 1.165) is 72.8 Å². The molecule has 58 heavy (non-hydrogen) atoms. The second-order valence-electron chi connectivity index (χ2n) is 11.4. The highest BCUT2D eigenvalue weighted by Crippen LogP contribution is 2.71. The van der Waals surface area contributed by atoms with Gasteiger partial charge in [-0.05, 0) is 71.0 Å². The van der Waals surface area contributed by atoms with Crippen LogP contribution in [-0.4, -0.2) is 71.4 Å². The first-order valence-corrected chi connectivity index (χ1v) is 17.4. The molecule has 3 aromatic carbocycles. The lowest BCUT2D eigenvalue weighted by Gasteiger charge is -2.45. The highest BCUT2D eigenvalue weighted by molar-refractivity contribution is 9.10. The maximum absolute atomic E-state index is 15.3. The largest absolute Gasteiger partial charge is 0.460 e. The standard InChI is InChI=1S/C30H13Br2F23O2S/c31-14-6-10-17(11-7-14)58(16-4-2-1-3-5-16,18-12-8-15(32)9-13-18)57-19(56)20(33,34)21(35,36)22(37,38)23(39,40)24(41,42)25(43,44)26(45,46)27(47,48)28(49,50)29(51,52)30(53,54)55/h1-13H. The van der Waals surface area contributed by atoms with Crippen molar-refractivity contribution in [3.63, 3.8) is 0 Å². The highest BCUT2D eigenvalue weighted by Gasteiger charge is 2.99. The van der Waals surface area contributed by atoms with Gasteiger partial charge in [0.15, 0.2) is 0 Å². The molecule has 0 radical (unpaired) electrons. The summed E-state index contributed by atoms with van der Waals surface area (Å²) in [6.07, 6.45) is -8.17. The van der Waals surface area contributed by atoms with Crippen molar-refractivity contribution >= 4 is 48.1 Å². The molecule has 0 saturated heterocycles. The Hall–Kier alpha value is -3.17. The van der Waals surface area contributed by atoms with Crippen molar-refractivity contribution < 1.29 is 110 Å². The molecule has 0 amide bonds. The lowest BCUT2D eigenvalue weighted by atomic mass is 9.85. The summed E-state index contributed by atoms with van der Waals surface area (Å²) in [5, 5.41) is 0. The maximum atomic E-state index is 15.3. The minimum Gasteiger partial charge on any atom is -0.397 e. The summed E-state index contributed by atoms with van der Waals surface area (Å²) in [4.78, 5) is 11.4. The second-order valence-corrected chi connectivity index (χ2v) is 15.9. The van der Waals surface area contributed by atoms with E-state index in [4.69, 9.17) is 0 Å². The Bertz CT molecular complexity index is 1910. The average Bonchev–Trinajstić information content (AvgIpc) is 3.10. The van der Waals surface area contributed by atoms with Crippen molar-refractivity contribution in [3.05, 3.63) is 87.8 Å². The molecule has 0 aliphatic rings. The second kappa shape index (κ2) is 14.8. The van der Waals surface area contributed by atoms with Crippen molar-refractivity contribution in [2.24, 2.45) is 0 Å². The van der Waals surface area contributed by atoms with Gasteiger partial charge in [-0.15, -0.1) is 0 Å². The quantitative estimate of drug-likeness (QED) is 0.150. The molecule has 3 rings (SSSR count). The van der Waals surface area contributed by atoms with Crippen LogP contribution in [0.25, 0.3) is 0 Å². The van der Waals surface area contributed by atoms with E-state index in [9.17, 15) is 97.0 Å². The van der Waals surface area contributed by atoms with Gasteiger partial charge in [0.05, 0.1) is 0 Å². The molecule has 0 heterocycles. The van der Waals surface area contributed by atoms with Crippen molar-refractivity contribution in [3.8, 4) is 0 Å². The summed E-state index contributed by atoms with van der Waals surface area (Å²) in [6.45, 7) is 0. The molecule has 0 aliphatic carbocycles. The number of halogens is 25. The SMILES string of the molecule is O=C(OS(c1ccccc1)(c1ccc(Br)cc1)c1ccc(Br)cc1)C(F)(F)C(F)(F)C(F)(F)C(F)(F)C(F)(F)C(F)(F)C(F)(F)C(F)(F)C(F)(F)C(F)(F)C(F)(F)F. The Labute approximate surface area is 325 Å². The van der Waals surface area contributed by atoms with E-state index in [1.54, 1.807) is 0 Å². The summed E-state index contributed by atoms with van der Waals surface area (Å²) in [5.41, 5.74) is 0. The van der Waals surface area contributed by atoms with Crippen molar-refractivity contribution in [2.75, 3.05) is 0 Å². The van der Waals surface area contributed by atoms with Crippen LogP contribution in [0.5, 0.6) is 0 Å². The number of benzene rings is 3. The smallest absolute Gasteiger partial charge is 0.397 e. The molecule has 0 fully saturated rings. The third-order valence-corrected chi connectivity index (χ3v) is 12.0. The lowest BCUT2D eigenvalue weighted by Crippen LogP contribution is -2.78. The van der Waals surface area contributed by atoms with E-state index in [0.29, 0.717) is 0 Å². The highest BCUT2D eigenvalue weighted by atomic mass is 79.9. The van der Waals surface area contributed by atoms with Crippen LogP contribution in [0.3, 0.4) is 0 Å². The zero-order valence-electron chi connectivity index (χ0n) is 26.7. The molecule has 0 atom stereocenters. The van der Waals surface area contributed by atoms with Crippen molar-refractivity contribution in [2.45, 2.75) is 80.1 Å².